The van der Waals surface area contributed by atoms with Gasteiger partial charge in [-0.25, -0.2) is 8.78 Å². The van der Waals surface area contributed by atoms with Crippen LogP contribution in [-0.2, 0) is 9.53 Å². The Bertz CT molecular complexity index is 411. The summed E-state index contributed by atoms with van der Waals surface area (Å²) in [6, 6.07) is 3.11. The molecule has 2 nitrogen and oxygen atoms in total. The van der Waals surface area contributed by atoms with Gasteiger partial charge in [-0.3, -0.25) is 4.79 Å². The van der Waals surface area contributed by atoms with Crippen molar-refractivity contribution in [3.8, 4) is 0 Å². The average Bonchev–Trinajstić information content (AvgIpc) is 2.16. The van der Waals surface area contributed by atoms with Gasteiger partial charge < -0.3 is 4.74 Å². The van der Waals surface area contributed by atoms with Gasteiger partial charge in [0.25, 0.3) is 0 Å². The topological polar surface area (TPSA) is 26.3 Å². The van der Waals surface area contributed by atoms with E-state index in [1.165, 1.54) is 26.2 Å². The molecule has 15 heavy (non-hydrogen) atoms. The Labute approximate surface area is 86.2 Å². The van der Waals surface area contributed by atoms with Gasteiger partial charge in [0.1, 0.15) is 11.6 Å². The van der Waals surface area contributed by atoms with Crippen LogP contribution in [0.15, 0.2) is 24.0 Å². The molecule has 80 valence electrons. The fourth-order valence-corrected chi connectivity index (χ4v) is 1.06. The summed E-state index contributed by atoms with van der Waals surface area (Å²) in [4.78, 5) is 11.0. The van der Waals surface area contributed by atoms with Gasteiger partial charge in [-0.15, -0.1) is 0 Å². The van der Waals surface area contributed by atoms with E-state index in [1.54, 1.807) is 0 Å². The van der Waals surface area contributed by atoms with Crippen molar-refractivity contribution in [3.63, 3.8) is 0 Å². The molecule has 0 aliphatic heterocycles. The van der Waals surface area contributed by atoms with Crippen LogP contribution >= 0.6 is 0 Å². The second-order valence-corrected chi connectivity index (χ2v) is 2.93. The quantitative estimate of drug-likeness (QED) is 0.568. The summed E-state index contributed by atoms with van der Waals surface area (Å²) in [5.41, 5.74) is 0.114. The van der Waals surface area contributed by atoms with E-state index >= 15 is 0 Å². The summed E-state index contributed by atoms with van der Waals surface area (Å²) in [5, 5.41) is 0. The maximum Gasteiger partial charge on any atom is 0.194 e. The molecule has 1 rings (SSSR count). The number of allylic oxidation sites excluding steroid dienone is 1. The van der Waals surface area contributed by atoms with Crippen molar-refractivity contribution < 1.29 is 18.3 Å². The molecule has 0 heterocycles. The fourth-order valence-electron chi connectivity index (χ4n) is 1.06. The van der Waals surface area contributed by atoms with Crippen LogP contribution in [0, 0.1) is 11.6 Å². The SMILES string of the molecule is CO/C(=C\c1ccc(F)cc1F)C(C)=O. The molecule has 0 saturated carbocycles. The number of ether oxygens (including phenoxy) is 1. The number of hydrogen-bond acceptors (Lipinski definition) is 2. The Morgan fingerprint density at radius 2 is 2.07 bits per heavy atom. The molecule has 0 fully saturated rings. The van der Waals surface area contributed by atoms with Gasteiger partial charge in [0.05, 0.1) is 7.11 Å². The molecule has 4 heteroatoms. The minimum Gasteiger partial charge on any atom is -0.493 e. The maximum atomic E-state index is 13.2. The maximum absolute atomic E-state index is 13.2. The Kier molecular flexibility index (Phi) is 3.55. The van der Waals surface area contributed by atoms with Crippen LogP contribution in [0.2, 0.25) is 0 Å². The van der Waals surface area contributed by atoms with E-state index in [0.29, 0.717) is 0 Å². The number of halogens is 2. The molecule has 0 spiro atoms. The van der Waals surface area contributed by atoms with Gasteiger partial charge in [-0.05, 0) is 18.2 Å². The monoisotopic (exact) mass is 212 g/mol. The Balaban J connectivity index is 3.12. The van der Waals surface area contributed by atoms with E-state index in [2.05, 4.69) is 0 Å². The molecular formula is C11H10F2O2. The second-order valence-electron chi connectivity index (χ2n) is 2.93. The first-order valence-corrected chi connectivity index (χ1v) is 4.26. The Morgan fingerprint density at radius 1 is 1.40 bits per heavy atom. The zero-order chi connectivity index (χ0) is 11.4. The lowest BCUT2D eigenvalue weighted by Gasteiger charge is -2.02. The van der Waals surface area contributed by atoms with Crippen LogP contribution in [0.3, 0.4) is 0 Å². The number of carbonyl (C=O) groups is 1. The first kappa shape index (κ1) is 11.4. The van der Waals surface area contributed by atoms with Crippen molar-refractivity contribution >= 4 is 11.9 Å². The third-order valence-electron chi connectivity index (χ3n) is 1.82. The van der Waals surface area contributed by atoms with Crippen LogP contribution < -0.4 is 0 Å². The van der Waals surface area contributed by atoms with Gasteiger partial charge >= 0.3 is 0 Å². The first-order valence-electron chi connectivity index (χ1n) is 4.26. The predicted octanol–water partition coefficient (Wildman–Crippen LogP) is 2.54. The zero-order valence-electron chi connectivity index (χ0n) is 8.38. The van der Waals surface area contributed by atoms with Crippen molar-refractivity contribution in [2.75, 3.05) is 7.11 Å². The lowest BCUT2D eigenvalue weighted by Crippen LogP contribution is -1.99. The number of methoxy groups -OCH3 is 1. The van der Waals surface area contributed by atoms with E-state index in [0.717, 1.165) is 12.1 Å². The molecule has 0 amide bonds. The van der Waals surface area contributed by atoms with Crippen molar-refractivity contribution in [1.29, 1.82) is 0 Å². The number of carbonyl (C=O) groups excluding carboxylic acids is 1. The second kappa shape index (κ2) is 4.68. The molecule has 0 aliphatic rings. The minimum absolute atomic E-state index is 0.0282. The summed E-state index contributed by atoms with van der Waals surface area (Å²) >= 11 is 0. The summed E-state index contributed by atoms with van der Waals surface area (Å²) < 4.78 is 30.5. The highest BCUT2D eigenvalue weighted by Crippen LogP contribution is 2.14. The number of ketones is 1. The third kappa shape index (κ3) is 2.87. The molecule has 1 aromatic carbocycles. The Morgan fingerprint density at radius 3 is 2.53 bits per heavy atom. The number of hydrogen-bond donors (Lipinski definition) is 0. The van der Waals surface area contributed by atoms with Gasteiger partial charge in [0.2, 0.25) is 0 Å². The molecule has 0 unspecified atom stereocenters. The molecule has 0 saturated heterocycles. The van der Waals surface area contributed by atoms with Gasteiger partial charge in [0.15, 0.2) is 11.5 Å². The van der Waals surface area contributed by atoms with Crippen LogP contribution in [-0.4, -0.2) is 12.9 Å². The number of rotatable bonds is 3. The van der Waals surface area contributed by atoms with E-state index in [1.807, 2.05) is 0 Å². The standard InChI is InChI=1S/C11H10F2O2/c1-7(14)11(15-2)5-8-3-4-9(12)6-10(8)13/h3-6H,1-2H3/b11-5-. The highest BCUT2D eigenvalue weighted by atomic mass is 19.1. The summed E-state index contributed by atoms with van der Waals surface area (Å²) in [6.07, 6.45) is 1.23. The van der Waals surface area contributed by atoms with E-state index < -0.39 is 11.6 Å². The van der Waals surface area contributed by atoms with Crippen LogP contribution in [0.5, 0.6) is 0 Å². The molecule has 0 bridgehead atoms. The van der Waals surface area contributed by atoms with Gasteiger partial charge in [-0.1, -0.05) is 0 Å². The molecule has 0 radical (unpaired) electrons. The van der Waals surface area contributed by atoms with Crippen LogP contribution in [0.1, 0.15) is 12.5 Å². The zero-order valence-corrected chi connectivity index (χ0v) is 8.38. The lowest BCUT2D eigenvalue weighted by atomic mass is 10.1. The van der Waals surface area contributed by atoms with E-state index in [-0.39, 0.29) is 17.1 Å². The molecule has 0 aliphatic carbocycles. The van der Waals surface area contributed by atoms with Crippen molar-refractivity contribution in [1.82, 2.24) is 0 Å². The molecule has 0 atom stereocenters. The Hall–Kier alpha value is -1.71. The normalized spacial score (nSPS) is 11.3. The highest BCUT2D eigenvalue weighted by Gasteiger charge is 2.06. The summed E-state index contributed by atoms with van der Waals surface area (Å²) in [7, 11) is 1.31. The van der Waals surface area contributed by atoms with Crippen LogP contribution in [0.25, 0.3) is 6.08 Å². The minimum atomic E-state index is -0.731. The largest absolute Gasteiger partial charge is 0.493 e. The van der Waals surface area contributed by atoms with Gasteiger partial charge in [0, 0.05) is 18.6 Å². The summed E-state index contributed by atoms with van der Waals surface area (Å²) in [6.45, 7) is 1.30. The molecule has 0 aromatic heterocycles. The smallest absolute Gasteiger partial charge is 0.194 e. The molecular weight excluding hydrogens is 202 g/mol. The van der Waals surface area contributed by atoms with Crippen molar-refractivity contribution in [2.24, 2.45) is 0 Å². The molecule has 1 aromatic rings. The van der Waals surface area contributed by atoms with Gasteiger partial charge in [-0.2, -0.15) is 0 Å². The number of Topliss-reactive ketones (excluding diaryl/α,β-unsaturated/α-hetero) is 1. The summed E-state index contributed by atoms with van der Waals surface area (Å²) in [5.74, 6) is -1.68. The third-order valence-corrected chi connectivity index (χ3v) is 1.82. The molecule has 0 N–H and O–H groups in total. The predicted molar refractivity (Wildman–Crippen MR) is 52.0 cm³/mol. The van der Waals surface area contributed by atoms with Crippen LogP contribution in [0.4, 0.5) is 8.78 Å². The lowest BCUT2D eigenvalue weighted by molar-refractivity contribution is -0.116. The number of benzene rings is 1. The first-order chi connectivity index (χ1) is 7.04. The van der Waals surface area contributed by atoms with Crippen molar-refractivity contribution in [3.05, 3.63) is 41.2 Å². The average molecular weight is 212 g/mol. The highest BCUT2D eigenvalue weighted by molar-refractivity contribution is 5.95. The van der Waals surface area contributed by atoms with E-state index in [9.17, 15) is 13.6 Å². The van der Waals surface area contributed by atoms with Crippen molar-refractivity contribution in [2.45, 2.75) is 6.92 Å². The fraction of sp³-hybridized carbons (Fsp3) is 0.182. The van der Waals surface area contributed by atoms with E-state index in [4.69, 9.17) is 4.74 Å².